The summed E-state index contributed by atoms with van der Waals surface area (Å²) in [5.74, 6) is -0.930. The molecule has 1 rings (SSSR count). The quantitative estimate of drug-likeness (QED) is 0.0934. The molecule has 0 fully saturated rings. The molecule has 2 amide bonds. The molecule has 56 heavy (non-hydrogen) atoms. The van der Waals surface area contributed by atoms with Gasteiger partial charge >= 0.3 is 24.1 Å². The zero-order valence-corrected chi connectivity index (χ0v) is 36.4. The summed E-state index contributed by atoms with van der Waals surface area (Å²) >= 11 is 0. The number of esters is 1. The van der Waals surface area contributed by atoms with Gasteiger partial charge in [-0.1, -0.05) is 65.5 Å². The smallest absolute Gasteiger partial charge is 0.410 e. The molecule has 0 saturated heterocycles. The maximum absolute atomic E-state index is 12.6. The first kappa shape index (κ1) is 56.8. The fraction of sp³-hybridized carbons (Fsp3) is 0.756. The zero-order chi connectivity index (χ0) is 42.9. The Balaban J connectivity index is -0.000000975. The first-order chi connectivity index (χ1) is 25.5. The van der Waals surface area contributed by atoms with E-state index in [1.54, 1.807) is 26.0 Å². The first-order valence-electron chi connectivity index (χ1n) is 18.8. The molecule has 15 heteroatoms. The van der Waals surface area contributed by atoms with Gasteiger partial charge in [-0.2, -0.15) is 0 Å². The number of carbonyl (C=O) groups is 4. The number of rotatable bonds is 20. The molecule has 1 aromatic carbocycles. The highest BCUT2D eigenvalue weighted by atomic mass is 16.6. The van der Waals surface area contributed by atoms with E-state index >= 15 is 0 Å². The largest absolute Gasteiger partial charge is 0.480 e. The van der Waals surface area contributed by atoms with Crippen LogP contribution in [0.5, 0.6) is 0 Å². The third-order valence-corrected chi connectivity index (χ3v) is 7.66. The SMILES string of the molecule is C.CC(C)[C@@H](C(=O)O)N(C)CCOCCN(C)C(=O)OC(C)(C)C.CC(C)[C@@H](C(=O)OCc1ccccc1)N(C)CCOCCN(C)C(=O)OC(C)(C)C.CO. The normalized spacial score (nSPS) is 12.4. The van der Waals surface area contributed by atoms with Crippen molar-refractivity contribution in [3.8, 4) is 0 Å². The van der Waals surface area contributed by atoms with Crippen LogP contribution in [0.15, 0.2) is 30.3 Å². The Labute approximate surface area is 338 Å². The fourth-order valence-corrected chi connectivity index (χ4v) is 4.92. The van der Waals surface area contributed by atoms with Gasteiger partial charge < -0.3 is 43.7 Å². The van der Waals surface area contributed by atoms with Gasteiger partial charge in [0.1, 0.15) is 29.9 Å². The van der Waals surface area contributed by atoms with Gasteiger partial charge in [0.15, 0.2) is 0 Å². The van der Waals surface area contributed by atoms with E-state index in [-0.39, 0.29) is 50.1 Å². The molecule has 0 heterocycles. The zero-order valence-electron chi connectivity index (χ0n) is 36.4. The summed E-state index contributed by atoms with van der Waals surface area (Å²) in [4.78, 5) is 54.2. The van der Waals surface area contributed by atoms with E-state index in [0.29, 0.717) is 52.6 Å². The van der Waals surface area contributed by atoms with Gasteiger partial charge in [0.05, 0.1) is 26.4 Å². The molecule has 2 atom stereocenters. The van der Waals surface area contributed by atoms with Gasteiger partial charge in [0, 0.05) is 47.4 Å². The number of benzene rings is 1. The molecule has 0 bridgehead atoms. The highest BCUT2D eigenvalue weighted by molar-refractivity contribution is 5.76. The number of aliphatic carboxylic acids is 1. The third-order valence-electron chi connectivity index (χ3n) is 7.66. The lowest BCUT2D eigenvalue weighted by atomic mass is 10.0. The number of ether oxygens (including phenoxy) is 5. The van der Waals surface area contributed by atoms with E-state index in [1.165, 1.54) is 9.80 Å². The lowest BCUT2D eigenvalue weighted by Crippen LogP contribution is -2.45. The van der Waals surface area contributed by atoms with Gasteiger partial charge in [-0.3, -0.25) is 19.4 Å². The summed E-state index contributed by atoms with van der Waals surface area (Å²) in [7, 11) is 8.00. The summed E-state index contributed by atoms with van der Waals surface area (Å²) in [6.45, 7) is 22.6. The van der Waals surface area contributed by atoms with Crippen molar-refractivity contribution in [3.63, 3.8) is 0 Å². The number of hydrogen-bond donors (Lipinski definition) is 2. The maximum Gasteiger partial charge on any atom is 0.410 e. The first-order valence-corrected chi connectivity index (χ1v) is 18.8. The number of carboxylic acids is 1. The van der Waals surface area contributed by atoms with Crippen molar-refractivity contribution in [3.05, 3.63) is 35.9 Å². The topological polar surface area (TPSA) is 168 Å². The van der Waals surface area contributed by atoms with E-state index in [0.717, 1.165) is 12.7 Å². The number of likely N-dealkylation sites (N-methyl/N-ethyl adjacent to an activating group) is 4. The van der Waals surface area contributed by atoms with Gasteiger partial charge in [0.25, 0.3) is 0 Å². The number of carboxylic acid groups (broad SMARTS) is 1. The van der Waals surface area contributed by atoms with Crippen LogP contribution in [0.2, 0.25) is 0 Å². The number of nitrogens with zero attached hydrogens (tertiary/aromatic N) is 4. The second-order valence-corrected chi connectivity index (χ2v) is 15.8. The Morgan fingerprint density at radius 1 is 0.625 bits per heavy atom. The Morgan fingerprint density at radius 3 is 1.32 bits per heavy atom. The monoisotopic (exact) mass is 803 g/mol. The molecule has 1 aromatic rings. The van der Waals surface area contributed by atoms with Crippen LogP contribution in [-0.2, 0) is 39.9 Å². The van der Waals surface area contributed by atoms with E-state index < -0.39 is 23.2 Å². The molecule has 0 aliphatic carbocycles. The Morgan fingerprint density at radius 2 is 0.982 bits per heavy atom. The van der Waals surface area contributed by atoms with Crippen LogP contribution >= 0.6 is 0 Å². The lowest BCUT2D eigenvalue weighted by molar-refractivity contribution is -0.153. The summed E-state index contributed by atoms with van der Waals surface area (Å²) in [6, 6.07) is 8.78. The fourth-order valence-electron chi connectivity index (χ4n) is 4.92. The van der Waals surface area contributed by atoms with Crippen molar-refractivity contribution in [1.29, 1.82) is 0 Å². The van der Waals surface area contributed by atoms with E-state index in [9.17, 15) is 24.3 Å². The molecular weight excluding hydrogens is 724 g/mol. The molecule has 0 radical (unpaired) electrons. The molecule has 0 aliphatic heterocycles. The molecule has 0 saturated carbocycles. The Kier molecular flexibility index (Phi) is 30.1. The number of hydrogen-bond acceptors (Lipinski definition) is 12. The summed E-state index contributed by atoms with van der Waals surface area (Å²) in [5.41, 5.74) is -0.0681. The molecule has 0 aliphatic rings. The Hall–Kier alpha value is -3.50. The van der Waals surface area contributed by atoms with Gasteiger partial charge in [-0.25, -0.2) is 9.59 Å². The van der Waals surface area contributed by atoms with E-state index in [2.05, 4.69) is 0 Å². The van der Waals surface area contributed by atoms with Crippen molar-refractivity contribution in [2.24, 2.45) is 11.8 Å². The van der Waals surface area contributed by atoms with Crippen molar-refractivity contribution >= 4 is 24.1 Å². The summed E-state index contributed by atoms with van der Waals surface area (Å²) in [6.07, 6.45) is -0.756. The minimum atomic E-state index is -0.827. The maximum atomic E-state index is 12.6. The van der Waals surface area contributed by atoms with Crippen LogP contribution < -0.4 is 0 Å². The minimum absolute atomic E-state index is 0. The second-order valence-electron chi connectivity index (χ2n) is 15.8. The predicted octanol–water partition coefficient (Wildman–Crippen LogP) is 5.73. The molecule has 15 nitrogen and oxygen atoms in total. The molecule has 328 valence electrons. The average Bonchev–Trinajstić information content (AvgIpc) is 3.06. The average molecular weight is 803 g/mol. The van der Waals surface area contributed by atoms with E-state index in [4.69, 9.17) is 28.8 Å². The lowest BCUT2D eigenvalue weighted by Gasteiger charge is -2.29. The number of aliphatic hydroxyl groups is 1. The Bertz CT molecular complexity index is 1200. The number of carbonyl (C=O) groups excluding carboxylic acids is 3. The number of aliphatic hydroxyl groups excluding tert-OH is 1. The highest BCUT2D eigenvalue weighted by Crippen LogP contribution is 2.14. The van der Waals surface area contributed by atoms with Crippen LogP contribution in [0.25, 0.3) is 0 Å². The summed E-state index contributed by atoms with van der Waals surface area (Å²) < 4.78 is 27.2. The van der Waals surface area contributed by atoms with Crippen LogP contribution in [0.1, 0.15) is 82.2 Å². The predicted molar refractivity (Wildman–Crippen MR) is 221 cm³/mol. The molecular formula is C41H78N4O11. The minimum Gasteiger partial charge on any atom is -0.480 e. The third kappa shape index (κ3) is 27.2. The van der Waals surface area contributed by atoms with Gasteiger partial charge in [0.2, 0.25) is 0 Å². The van der Waals surface area contributed by atoms with E-state index in [1.807, 2.05) is 112 Å². The van der Waals surface area contributed by atoms with Crippen molar-refractivity contribution in [2.75, 3.05) is 87.9 Å². The standard InChI is InChI=1S/C23H38N2O5.C16H32N2O5.CH4O.CH4/c1-18(2)20(21(26)29-17-19-11-9-8-10-12-19)24(6)13-15-28-16-14-25(7)22(27)30-23(3,4)5;1-12(2)13(14(19)20)17(6)8-10-22-11-9-18(7)15(21)23-16(3,4)5;1-2;/h8-12,18,20H,13-17H2,1-7H3;12-13H,8-11H2,1-7H3,(H,19,20);2H,1H3;1H4/t20-;13-;;/m00../s1. The van der Waals surface area contributed by atoms with Gasteiger partial charge in [-0.05, 0) is 73.0 Å². The molecule has 0 aromatic heterocycles. The summed E-state index contributed by atoms with van der Waals surface area (Å²) in [5, 5.41) is 16.2. The van der Waals surface area contributed by atoms with Crippen LogP contribution in [0, 0.1) is 11.8 Å². The molecule has 0 spiro atoms. The molecule has 2 N–H and O–H groups in total. The van der Waals surface area contributed by atoms with Crippen LogP contribution in [0.4, 0.5) is 9.59 Å². The van der Waals surface area contributed by atoms with Crippen molar-refractivity contribution in [1.82, 2.24) is 19.6 Å². The highest BCUT2D eigenvalue weighted by Gasteiger charge is 2.28. The number of amides is 2. The van der Waals surface area contributed by atoms with Crippen molar-refractivity contribution in [2.45, 2.75) is 107 Å². The molecule has 0 unspecified atom stereocenters. The van der Waals surface area contributed by atoms with Crippen LogP contribution in [-0.4, -0.2) is 165 Å². The van der Waals surface area contributed by atoms with Gasteiger partial charge in [-0.15, -0.1) is 0 Å². The van der Waals surface area contributed by atoms with Crippen molar-refractivity contribution < 1.29 is 53.1 Å². The second kappa shape index (κ2) is 29.7. The van der Waals surface area contributed by atoms with Crippen LogP contribution in [0.3, 0.4) is 0 Å².